The highest BCUT2D eigenvalue weighted by Crippen LogP contribution is 2.34. The van der Waals surface area contributed by atoms with Crippen LogP contribution in [0.5, 0.6) is 0 Å². The maximum absolute atomic E-state index is 13.9. The number of alkyl halides is 2. The average Bonchev–Trinajstić information content (AvgIpc) is 2.36. The summed E-state index contributed by atoms with van der Waals surface area (Å²) in [7, 11) is -4.25. The highest BCUT2D eigenvalue weighted by molar-refractivity contribution is 7.93. The zero-order chi connectivity index (χ0) is 14.5. The average molecular weight is 291 g/mol. The van der Waals surface area contributed by atoms with Crippen molar-refractivity contribution in [3.05, 3.63) is 30.3 Å². The van der Waals surface area contributed by atoms with Gasteiger partial charge in [-0.15, -0.1) is 0 Å². The molecular formula is C13H19F2NO2S. The third-order valence-electron chi connectivity index (χ3n) is 2.86. The molecule has 0 amide bonds. The van der Waals surface area contributed by atoms with E-state index in [0.717, 1.165) is 6.42 Å². The monoisotopic (exact) mass is 291 g/mol. The van der Waals surface area contributed by atoms with E-state index in [1.54, 1.807) is 6.07 Å². The number of rotatable bonds is 7. The molecule has 2 atom stereocenters. The number of benzene rings is 1. The van der Waals surface area contributed by atoms with E-state index in [0.29, 0.717) is 6.42 Å². The molecule has 6 heteroatoms. The van der Waals surface area contributed by atoms with E-state index in [1.807, 2.05) is 6.92 Å². The standard InChI is InChI=1S/C13H19F2NO2S/c1-2-3-7-11(17)10-13(14,15)19(16,18)12-8-5-4-6-9-12/h4-6,8-9,11,16-17H,2-3,7,10H2,1H3. The number of aliphatic hydroxyl groups is 1. The Hall–Kier alpha value is -1.01. The number of nitrogens with one attached hydrogen (secondary N) is 1. The summed E-state index contributed by atoms with van der Waals surface area (Å²) in [4.78, 5) is -0.206. The first-order chi connectivity index (χ1) is 8.81. The van der Waals surface area contributed by atoms with Crippen molar-refractivity contribution < 1.29 is 18.1 Å². The van der Waals surface area contributed by atoms with Crippen molar-refractivity contribution in [2.24, 2.45) is 0 Å². The largest absolute Gasteiger partial charge is 0.393 e. The van der Waals surface area contributed by atoms with Crippen molar-refractivity contribution in [3.8, 4) is 0 Å². The lowest BCUT2D eigenvalue weighted by molar-refractivity contribution is 0.0241. The first kappa shape index (κ1) is 16.0. The summed E-state index contributed by atoms with van der Waals surface area (Å²) in [6, 6.07) is 7.04. The van der Waals surface area contributed by atoms with Crippen molar-refractivity contribution >= 4 is 9.73 Å². The summed E-state index contributed by atoms with van der Waals surface area (Å²) < 4.78 is 47.4. The van der Waals surface area contributed by atoms with E-state index in [2.05, 4.69) is 0 Å². The summed E-state index contributed by atoms with van der Waals surface area (Å²) in [5.41, 5.74) is 0. The van der Waals surface area contributed by atoms with E-state index in [9.17, 15) is 18.1 Å². The minimum absolute atomic E-state index is 0.206. The molecule has 0 spiro atoms. The summed E-state index contributed by atoms with van der Waals surface area (Å²) in [6.07, 6.45) is -0.523. The summed E-state index contributed by atoms with van der Waals surface area (Å²) in [6.45, 7) is 1.89. The molecule has 2 N–H and O–H groups in total. The smallest absolute Gasteiger partial charge is 0.334 e. The second kappa shape index (κ2) is 6.43. The quantitative estimate of drug-likeness (QED) is 0.806. The molecule has 0 radical (unpaired) electrons. The third kappa shape index (κ3) is 3.98. The lowest BCUT2D eigenvalue weighted by atomic mass is 10.1. The van der Waals surface area contributed by atoms with Crippen LogP contribution in [0.4, 0.5) is 8.78 Å². The molecule has 1 aromatic carbocycles. The maximum atomic E-state index is 13.9. The van der Waals surface area contributed by atoms with Crippen molar-refractivity contribution in [3.63, 3.8) is 0 Å². The van der Waals surface area contributed by atoms with Gasteiger partial charge in [0.05, 0.1) is 17.4 Å². The molecule has 2 unspecified atom stereocenters. The predicted octanol–water partition coefficient (Wildman–Crippen LogP) is 3.63. The van der Waals surface area contributed by atoms with Crippen molar-refractivity contribution in [1.82, 2.24) is 0 Å². The highest BCUT2D eigenvalue weighted by atomic mass is 32.2. The predicted molar refractivity (Wildman–Crippen MR) is 70.7 cm³/mol. The molecule has 0 aliphatic carbocycles. The van der Waals surface area contributed by atoms with Gasteiger partial charge >= 0.3 is 5.25 Å². The lowest BCUT2D eigenvalue weighted by Crippen LogP contribution is -2.32. The van der Waals surface area contributed by atoms with E-state index >= 15 is 0 Å². The van der Waals surface area contributed by atoms with Crippen LogP contribution in [-0.4, -0.2) is 20.7 Å². The Labute approximate surface area is 112 Å². The topological polar surface area (TPSA) is 61.1 Å². The van der Waals surface area contributed by atoms with Gasteiger partial charge in [0, 0.05) is 0 Å². The summed E-state index contributed by atoms with van der Waals surface area (Å²) in [5.74, 6) is 0. The Morgan fingerprint density at radius 2 is 1.95 bits per heavy atom. The number of hydrogen-bond acceptors (Lipinski definition) is 3. The molecule has 19 heavy (non-hydrogen) atoms. The highest BCUT2D eigenvalue weighted by Gasteiger charge is 2.43. The molecule has 0 aliphatic rings. The van der Waals surface area contributed by atoms with E-state index in [4.69, 9.17) is 4.78 Å². The fourth-order valence-electron chi connectivity index (χ4n) is 1.72. The number of hydrogen-bond donors (Lipinski definition) is 2. The Kier molecular flexibility index (Phi) is 5.43. The Morgan fingerprint density at radius 1 is 1.37 bits per heavy atom. The van der Waals surface area contributed by atoms with Gasteiger partial charge in [-0.2, -0.15) is 8.78 Å². The molecule has 0 aromatic heterocycles. The minimum Gasteiger partial charge on any atom is -0.393 e. The van der Waals surface area contributed by atoms with Gasteiger partial charge in [-0.3, -0.25) is 0 Å². The summed E-state index contributed by atoms with van der Waals surface area (Å²) >= 11 is 0. The molecule has 1 rings (SSSR count). The molecule has 0 bridgehead atoms. The number of unbranched alkanes of at least 4 members (excludes halogenated alkanes) is 1. The minimum atomic E-state index is -4.25. The first-order valence-electron chi connectivity index (χ1n) is 6.20. The zero-order valence-electron chi connectivity index (χ0n) is 10.8. The van der Waals surface area contributed by atoms with Gasteiger partial charge in [-0.1, -0.05) is 38.0 Å². The van der Waals surface area contributed by atoms with Crippen molar-refractivity contribution in [2.75, 3.05) is 0 Å². The zero-order valence-corrected chi connectivity index (χ0v) is 11.6. The van der Waals surface area contributed by atoms with Crippen LogP contribution < -0.4 is 0 Å². The fourth-order valence-corrected chi connectivity index (χ4v) is 3.03. The van der Waals surface area contributed by atoms with Gasteiger partial charge in [0.1, 0.15) is 9.73 Å². The Morgan fingerprint density at radius 3 is 2.47 bits per heavy atom. The van der Waals surface area contributed by atoms with Crippen LogP contribution in [0.3, 0.4) is 0 Å². The SMILES string of the molecule is CCCCC(O)CC(F)(F)S(=N)(=O)c1ccccc1. The molecule has 0 fully saturated rings. The molecule has 0 saturated carbocycles. The Bertz CT molecular complexity index is 489. The van der Waals surface area contributed by atoms with Crippen LogP contribution in [0.25, 0.3) is 0 Å². The third-order valence-corrected chi connectivity index (χ3v) is 4.80. The van der Waals surface area contributed by atoms with Crippen LogP contribution in [-0.2, 0) is 9.73 Å². The van der Waals surface area contributed by atoms with Crippen LogP contribution in [0.15, 0.2) is 35.2 Å². The fraction of sp³-hybridized carbons (Fsp3) is 0.538. The van der Waals surface area contributed by atoms with Gasteiger partial charge in [0.25, 0.3) is 0 Å². The van der Waals surface area contributed by atoms with Gasteiger partial charge in [-0.05, 0) is 18.6 Å². The van der Waals surface area contributed by atoms with Crippen LogP contribution >= 0.6 is 0 Å². The summed E-state index contributed by atoms with van der Waals surface area (Å²) in [5, 5.41) is 5.80. The molecular weight excluding hydrogens is 272 g/mol. The van der Waals surface area contributed by atoms with Crippen molar-refractivity contribution in [2.45, 2.75) is 48.9 Å². The van der Waals surface area contributed by atoms with Crippen LogP contribution in [0.2, 0.25) is 0 Å². The van der Waals surface area contributed by atoms with E-state index in [1.165, 1.54) is 24.3 Å². The number of aliphatic hydroxyl groups excluding tert-OH is 1. The van der Waals surface area contributed by atoms with Gasteiger partial charge in [0.15, 0.2) is 0 Å². The lowest BCUT2D eigenvalue weighted by Gasteiger charge is -2.22. The molecule has 0 heterocycles. The molecule has 0 saturated heterocycles. The van der Waals surface area contributed by atoms with Crippen LogP contribution in [0.1, 0.15) is 32.6 Å². The Balaban J connectivity index is 2.87. The maximum Gasteiger partial charge on any atom is 0.334 e. The molecule has 1 aromatic rings. The second-order valence-electron chi connectivity index (χ2n) is 4.51. The van der Waals surface area contributed by atoms with Gasteiger partial charge in [0.2, 0.25) is 0 Å². The normalized spacial score (nSPS) is 16.8. The van der Waals surface area contributed by atoms with Crippen LogP contribution in [0, 0.1) is 4.78 Å². The first-order valence-corrected chi connectivity index (χ1v) is 7.76. The second-order valence-corrected chi connectivity index (χ2v) is 6.69. The van der Waals surface area contributed by atoms with Gasteiger partial charge in [-0.25, -0.2) is 8.99 Å². The van der Waals surface area contributed by atoms with E-state index < -0.39 is 27.5 Å². The van der Waals surface area contributed by atoms with Crippen molar-refractivity contribution in [1.29, 1.82) is 4.78 Å². The van der Waals surface area contributed by atoms with E-state index in [-0.39, 0.29) is 11.3 Å². The molecule has 108 valence electrons. The molecule has 3 nitrogen and oxygen atoms in total. The molecule has 0 aliphatic heterocycles. The number of halogens is 2. The van der Waals surface area contributed by atoms with Gasteiger partial charge < -0.3 is 5.11 Å².